The molecule has 0 saturated carbocycles. The fourth-order valence-corrected chi connectivity index (χ4v) is 3.09. The van der Waals surface area contributed by atoms with Gasteiger partial charge in [-0.05, 0) is 23.8 Å². The van der Waals surface area contributed by atoms with Gasteiger partial charge in [-0.15, -0.1) is 0 Å². The van der Waals surface area contributed by atoms with Crippen LogP contribution in [0.1, 0.15) is 16.1 Å². The molecule has 7 nitrogen and oxygen atoms in total. The van der Waals surface area contributed by atoms with Crippen LogP contribution < -0.4 is 4.90 Å². The van der Waals surface area contributed by atoms with Gasteiger partial charge in [0.2, 0.25) is 5.82 Å². The van der Waals surface area contributed by atoms with E-state index in [9.17, 15) is 10.1 Å². The summed E-state index contributed by atoms with van der Waals surface area (Å²) in [4.78, 5) is 15.8. The zero-order chi connectivity index (χ0) is 19.6. The fourth-order valence-electron chi connectivity index (χ4n) is 2.68. The van der Waals surface area contributed by atoms with E-state index < -0.39 is 9.76 Å². The fraction of sp³-hybridized carbons (Fsp3) is 0.176. The zero-order valence-electron chi connectivity index (χ0n) is 14.1. The average Bonchev–Trinajstić information content (AvgIpc) is 3.06. The lowest BCUT2D eigenvalue weighted by Crippen LogP contribution is -2.21. The Morgan fingerprint density at radius 3 is 2.48 bits per heavy atom. The third-order valence-corrected chi connectivity index (χ3v) is 4.46. The number of hydrogen-bond acceptors (Lipinski definition) is 5. The molecule has 0 amide bonds. The molecular weight excluding hydrogens is 413 g/mol. The van der Waals surface area contributed by atoms with Crippen LogP contribution in [0.4, 0.5) is 11.5 Å². The molecule has 3 rings (SSSR count). The van der Waals surface area contributed by atoms with E-state index >= 15 is 0 Å². The number of nitro groups is 1. The standard InChI is InChI=1S/C17H14Cl3N5O2/c1-23(10-11-7-8-13(18)21-9-11)17-15(25(26)27)14(16(19)20)22-24(17)12-5-3-2-4-6-12/h2-9,16H,10H2,1H3. The smallest absolute Gasteiger partial charge is 0.337 e. The van der Waals surface area contributed by atoms with Crippen molar-refractivity contribution in [1.82, 2.24) is 14.8 Å². The summed E-state index contributed by atoms with van der Waals surface area (Å²) in [6, 6.07) is 12.5. The van der Waals surface area contributed by atoms with Crippen LogP contribution in [-0.4, -0.2) is 26.7 Å². The number of alkyl halides is 2. The molecule has 0 saturated heterocycles. The normalized spacial score (nSPS) is 11.0. The third kappa shape index (κ3) is 4.16. The maximum Gasteiger partial charge on any atom is 0.337 e. The summed E-state index contributed by atoms with van der Waals surface area (Å²) in [5.74, 6) is 0.266. The maximum atomic E-state index is 11.8. The molecule has 0 aliphatic heterocycles. The van der Waals surface area contributed by atoms with Gasteiger partial charge in [0.25, 0.3) is 0 Å². The molecular formula is C17H14Cl3N5O2. The second-order valence-corrected chi connectivity index (χ2v) is 7.19. The Kier molecular flexibility index (Phi) is 5.84. The van der Waals surface area contributed by atoms with E-state index in [0.717, 1.165) is 5.56 Å². The van der Waals surface area contributed by atoms with Gasteiger partial charge in [0.15, 0.2) is 10.5 Å². The molecule has 0 aliphatic rings. The molecule has 0 radical (unpaired) electrons. The van der Waals surface area contributed by atoms with Crippen molar-refractivity contribution in [2.75, 3.05) is 11.9 Å². The van der Waals surface area contributed by atoms with Crippen LogP contribution in [0.5, 0.6) is 0 Å². The van der Waals surface area contributed by atoms with E-state index in [4.69, 9.17) is 34.8 Å². The van der Waals surface area contributed by atoms with Gasteiger partial charge in [-0.2, -0.15) is 5.10 Å². The predicted octanol–water partition coefficient (Wildman–Crippen LogP) is 4.94. The first kappa shape index (κ1) is 19.4. The Hall–Kier alpha value is -2.35. The van der Waals surface area contributed by atoms with Crippen molar-refractivity contribution in [3.05, 3.63) is 75.2 Å². The van der Waals surface area contributed by atoms with Crippen molar-refractivity contribution in [2.45, 2.75) is 11.4 Å². The highest BCUT2D eigenvalue weighted by molar-refractivity contribution is 6.44. The van der Waals surface area contributed by atoms with Gasteiger partial charge in [-0.3, -0.25) is 10.1 Å². The van der Waals surface area contributed by atoms with E-state index in [0.29, 0.717) is 17.4 Å². The number of halogens is 3. The first-order valence-electron chi connectivity index (χ1n) is 7.81. The molecule has 2 heterocycles. The third-order valence-electron chi connectivity index (χ3n) is 3.82. The van der Waals surface area contributed by atoms with Crippen LogP contribution in [0, 0.1) is 10.1 Å². The predicted molar refractivity (Wildman–Crippen MR) is 106 cm³/mol. The molecule has 10 heteroatoms. The highest BCUT2D eigenvalue weighted by atomic mass is 35.5. The Morgan fingerprint density at radius 1 is 1.22 bits per heavy atom. The first-order chi connectivity index (χ1) is 12.9. The largest absolute Gasteiger partial charge is 0.349 e. The summed E-state index contributed by atoms with van der Waals surface area (Å²) in [5, 5.41) is 16.5. The summed E-state index contributed by atoms with van der Waals surface area (Å²) in [7, 11) is 1.72. The van der Waals surface area contributed by atoms with E-state index in [-0.39, 0.29) is 17.2 Å². The van der Waals surface area contributed by atoms with Crippen LogP contribution in [0.25, 0.3) is 5.69 Å². The van der Waals surface area contributed by atoms with Crippen molar-refractivity contribution in [3.63, 3.8) is 0 Å². The molecule has 2 aromatic heterocycles. The number of para-hydroxylation sites is 1. The minimum absolute atomic E-state index is 0.0109. The summed E-state index contributed by atoms with van der Waals surface area (Å²) in [6.45, 7) is 0.345. The molecule has 0 N–H and O–H groups in total. The summed E-state index contributed by atoms with van der Waals surface area (Å²) < 4.78 is 1.47. The molecule has 0 fully saturated rings. The van der Waals surface area contributed by atoms with Gasteiger partial charge in [0, 0.05) is 19.8 Å². The lowest BCUT2D eigenvalue weighted by Gasteiger charge is -2.19. The SMILES string of the molecule is CN(Cc1ccc(Cl)nc1)c1c([N+](=O)[O-])c(C(Cl)Cl)nn1-c1ccccc1. The number of rotatable bonds is 6. The van der Waals surface area contributed by atoms with Gasteiger partial charge in [-0.25, -0.2) is 9.67 Å². The molecule has 0 aliphatic carbocycles. The molecule has 27 heavy (non-hydrogen) atoms. The second-order valence-electron chi connectivity index (χ2n) is 5.71. The zero-order valence-corrected chi connectivity index (χ0v) is 16.4. The van der Waals surface area contributed by atoms with E-state index in [1.807, 2.05) is 18.2 Å². The number of nitrogens with zero attached hydrogens (tertiary/aromatic N) is 5. The quantitative estimate of drug-likeness (QED) is 0.241. The van der Waals surface area contributed by atoms with Crippen LogP contribution in [0.15, 0.2) is 48.7 Å². The van der Waals surface area contributed by atoms with Crippen molar-refractivity contribution < 1.29 is 4.92 Å². The lowest BCUT2D eigenvalue weighted by atomic mass is 10.2. The maximum absolute atomic E-state index is 11.8. The van der Waals surface area contributed by atoms with E-state index in [1.165, 1.54) is 4.68 Å². The molecule has 1 aromatic carbocycles. The average molecular weight is 427 g/mol. The topological polar surface area (TPSA) is 77.1 Å². The summed E-state index contributed by atoms with van der Waals surface area (Å²) in [5.41, 5.74) is 1.23. The number of hydrogen-bond donors (Lipinski definition) is 0. The number of benzene rings is 1. The highest BCUT2D eigenvalue weighted by Gasteiger charge is 2.34. The monoisotopic (exact) mass is 425 g/mol. The van der Waals surface area contributed by atoms with Gasteiger partial charge in [0.1, 0.15) is 5.15 Å². The van der Waals surface area contributed by atoms with Crippen LogP contribution >= 0.6 is 34.8 Å². The molecule has 3 aromatic rings. The highest BCUT2D eigenvalue weighted by Crippen LogP contribution is 2.40. The molecule has 140 valence electrons. The Bertz CT molecular complexity index is 945. The van der Waals surface area contributed by atoms with Crippen LogP contribution in [0.2, 0.25) is 5.15 Å². The Labute approximate surface area is 170 Å². The van der Waals surface area contributed by atoms with Gasteiger partial charge < -0.3 is 4.90 Å². The minimum atomic E-state index is -1.14. The molecule has 0 spiro atoms. The summed E-state index contributed by atoms with van der Waals surface area (Å²) >= 11 is 17.7. The van der Waals surface area contributed by atoms with Crippen molar-refractivity contribution in [3.8, 4) is 5.69 Å². The lowest BCUT2D eigenvalue weighted by molar-refractivity contribution is -0.384. The van der Waals surface area contributed by atoms with Gasteiger partial charge in [-0.1, -0.05) is 59.1 Å². The van der Waals surface area contributed by atoms with E-state index in [2.05, 4.69) is 10.1 Å². The Balaban J connectivity index is 2.13. The van der Waals surface area contributed by atoms with Gasteiger partial charge >= 0.3 is 5.69 Å². The molecule has 0 unspecified atom stereocenters. The van der Waals surface area contributed by atoms with Crippen molar-refractivity contribution in [2.24, 2.45) is 0 Å². The number of pyridine rings is 1. The van der Waals surface area contributed by atoms with Gasteiger partial charge in [0.05, 0.1) is 10.6 Å². The van der Waals surface area contributed by atoms with Crippen molar-refractivity contribution >= 4 is 46.3 Å². The molecule has 0 bridgehead atoms. The minimum Gasteiger partial charge on any atom is -0.349 e. The first-order valence-corrected chi connectivity index (χ1v) is 9.06. The van der Waals surface area contributed by atoms with Crippen LogP contribution in [0.3, 0.4) is 0 Å². The Morgan fingerprint density at radius 2 is 1.93 bits per heavy atom. The number of anilines is 1. The van der Waals surface area contributed by atoms with Crippen molar-refractivity contribution in [1.29, 1.82) is 0 Å². The van der Waals surface area contributed by atoms with E-state index in [1.54, 1.807) is 42.4 Å². The molecule has 0 atom stereocenters. The van der Waals surface area contributed by atoms with Crippen LogP contribution in [-0.2, 0) is 6.54 Å². The second kappa shape index (κ2) is 8.12. The number of aromatic nitrogens is 3. The summed E-state index contributed by atoms with van der Waals surface area (Å²) in [6.07, 6.45) is 1.61.